The van der Waals surface area contributed by atoms with Crippen LogP contribution in [0.15, 0.2) is 11.0 Å². The largest absolute Gasteiger partial charge is 0.443 e. The number of imide groups is 1. The van der Waals surface area contributed by atoms with Crippen molar-refractivity contribution in [1.82, 2.24) is 9.80 Å². The molecule has 0 aromatic carbocycles. The van der Waals surface area contributed by atoms with Crippen LogP contribution in [0.2, 0.25) is 0 Å². The van der Waals surface area contributed by atoms with Crippen LogP contribution in [-0.2, 0) is 14.3 Å². The molecule has 28 heavy (non-hydrogen) atoms. The van der Waals surface area contributed by atoms with Crippen molar-refractivity contribution in [2.24, 2.45) is 17.3 Å². The van der Waals surface area contributed by atoms with E-state index in [4.69, 9.17) is 11.2 Å². The number of allylic oxidation sites excluding steroid dienone is 2. The number of carbonyl (C=O) groups excluding carboxylic acids is 3. The fraction of sp³-hybridized carbons (Fsp3) is 0.600. The van der Waals surface area contributed by atoms with Gasteiger partial charge in [0.25, 0.3) is 5.91 Å². The number of carbonyl (C=O) groups is 3. The summed E-state index contributed by atoms with van der Waals surface area (Å²) in [6.07, 6.45) is 9.10. The summed E-state index contributed by atoms with van der Waals surface area (Å²) >= 11 is 1.50. The van der Waals surface area contributed by atoms with Gasteiger partial charge in [-0.2, -0.15) is 5.26 Å². The Morgan fingerprint density at radius 2 is 2.18 bits per heavy atom. The van der Waals surface area contributed by atoms with E-state index in [1.807, 2.05) is 19.9 Å². The zero-order valence-electron chi connectivity index (χ0n) is 16.4. The molecule has 2 aliphatic rings. The summed E-state index contributed by atoms with van der Waals surface area (Å²) in [7, 11) is 0. The lowest BCUT2D eigenvalue weighted by atomic mass is 10.1. The van der Waals surface area contributed by atoms with E-state index in [9.17, 15) is 19.6 Å². The number of amides is 3. The second-order valence-corrected chi connectivity index (χ2v) is 8.56. The molecule has 3 amide bonds. The van der Waals surface area contributed by atoms with Crippen LogP contribution in [0, 0.1) is 40.9 Å². The SMILES string of the molecule is C#CCN1CC(=O)N(COC(=O)[C@@H]2[C@@H](/C=C(\C#N)SCCCC)C2(C)C)C1=O. The smallest absolute Gasteiger partial charge is 0.330 e. The molecule has 1 saturated heterocycles. The highest BCUT2D eigenvalue weighted by atomic mass is 32.2. The number of nitriles is 1. The van der Waals surface area contributed by atoms with Gasteiger partial charge in [0.05, 0.1) is 17.4 Å². The van der Waals surface area contributed by atoms with Crippen molar-refractivity contribution in [3.05, 3.63) is 11.0 Å². The maximum atomic E-state index is 12.5. The standard InChI is InChI=1S/C20H25N3O4S/c1-5-7-9-28-14(11-21)10-15-17(20(15,3)4)18(25)27-13-23-16(24)12-22(8-6-2)19(23)26/h2,10,15,17H,5,7-9,12-13H2,1,3-4H3/b14-10+/t15-,17+/m1/s1. The van der Waals surface area contributed by atoms with Crippen LogP contribution < -0.4 is 0 Å². The van der Waals surface area contributed by atoms with E-state index in [1.165, 1.54) is 16.7 Å². The Hall–Kier alpha value is -2.45. The van der Waals surface area contributed by atoms with E-state index in [0.29, 0.717) is 4.91 Å². The lowest BCUT2D eigenvalue weighted by molar-refractivity contribution is -0.151. The minimum Gasteiger partial charge on any atom is -0.443 e. The Morgan fingerprint density at radius 1 is 1.46 bits per heavy atom. The van der Waals surface area contributed by atoms with Crippen molar-refractivity contribution in [1.29, 1.82) is 5.26 Å². The molecular formula is C20H25N3O4S. The number of hydrogen-bond acceptors (Lipinski definition) is 6. The summed E-state index contributed by atoms with van der Waals surface area (Å²) in [4.78, 5) is 39.2. The number of esters is 1. The van der Waals surface area contributed by atoms with Crippen LogP contribution in [0.3, 0.4) is 0 Å². The molecule has 0 aromatic heterocycles. The monoisotopic (exact) mass is 403 g/mol. The van der Waals surface area contributed by atoms with Gasteiger partial charge < -0.3 is 9.64 Å². The maximum Gasteiger partial charge on any atom is 0.330 e. The Morgan fingerprint density at radius 3 is 2.79 bits per heavy atom. The summed E-state index contributed by atoms with van der Waals surface area (Å²) in [6, 6.07) is 1.63. The minimum absolute atomic E-state index is 0.0319. The van der Waals surface area contributed by atoms with Gasteiger partial charge in [0.2, 0.25) is 0 Å². The van der Waals surface area contributed by atoms with Gasteiger partial charge in [-0.1, -0.05) is 39.2 Å². The van der Waals surface area contributed by atoms with Gasteiger partial charge in [-0.05, 0) is 23.5 Å². The molecule has 2 fully saturated rings. The maximum absolute atomic E-state index is 12.5. The third-order valence-corrected chi connectivity index (χ3v) is 6.14. The molecule has 150 valence electrons. The molecule has 1 aliphatic heterocycles. The average molecular weight is 404 g/mol. The highest BCUT2D eigenvalue weighted by molar-refractivity contribution is 8.03. The van der Waals surface area contributed by atoms with Gasteiger partial charge in [0, 0.05) is 0 Å². The second kappa shape index (κ2) is 9.16. The van der Waals surface area contributed by atoms with Crippen LogP contribution in [-0.4, -0.2) is 53.3 Å². The van der Waals surface area contributed by atoms with Crippen molar-refractivity contribution in [3.63, 3.8) is 0 Å². The first-order chi connectivity index (χ1) is 13.3. The van der Waals surface area contributed by atoms with Crippen LogP contribution in [0.1, 0.15) is 33.6 Å². The Labute approximate surface area is 170 Å². The summed E-state index contributed by atoms with van der Waals surface area (Å²) in [5.74, 6) is 1.75. The Bertz CT molecular complexity index is 762. The fourth-order valence-corrected chi connectivity index (χ4v) is 4.18. The minimum atomic E-state index is -0.554. The van der Waals surface area contributed by atoms with Gasteiger partial charge >= 0.3 is 12.0 Å². The first-order valence-corrected chi connectivity index (χ1v) is 10.2. The van der Waals surface area contributed by atoms with E-state index < -0.39 is 30.6 Å². The summed E-state index contributed by atoms with van der Waals surface area (Å²) in [6.45, 7) is 5.47. The zero-order valence-corrected chi connectivity index (χ0v) is 17.3. The lowest BCUT2D eigenvalue weighted by Gasteiger charge is -2.15. The number of ether oxygens (including phenoxy) is 1. The summed E-state index contributed by atoms with van der Waals surface area (Å²) in [5, 5.41) is 9.32. The molecule has 0 aromatic rings. The van der Waals surface area contributed by atoms with E-state index in [-0.39, 0.29) is 24.4 Å². The van der Waals surface area contributed by atoms with Crippen molar-refractivity contribution in [2.45, 2.75) is 33.6 Å². The number of urea groups is 1. The molecule has 1 aliphatic carbocycles. The number of nitrogens with zero attached hydrogens (tertiary/aromatic N) is 3. The number of hydrogen-bond donors (Lipinski definition) is 0. The molecular weight excluding hydrogens is 378 g/mol. The topological polar surface area (TPSA) is 90.7 Å². The van der Waals surface area contributed by atoms with Crippen LogP contribution >= 0.6 is 11.8 Å². The summed E-state index contributed by atoms with van der Waals surface area (Å²) in [5.41, 5.74) is -0.334. The highest BCUT2D eigenvalue weighted by Gasteiger charge is 2.61. The zero-order chi connectivity index (χ0) is 20.9. The van der Waals surface area contributed by atoms with E-state index in [1.54, 1.807) is 0 Å². The fourth-order valence-electron chi connectivity index (χ4n) is 3.22. The lowest BCUT2D eigenvalue weighted by Crippen LogP contribution is -2.36. The van der Waals surface area contributed by atoms with Gasteiger partial charge in [-0.15, -0.1) is 18.2 Å². The quantitative estimate of drug-likeness (QED) is 0.193. The molecule has 0 unspecified atom stereocenters. The first kappa shape index (κ1) is 21.8. The molecule has 8 heteroatoms. The van der Waals surface area contributed by atoms with Gasteiger partial charge in [0.1, 0.15) is 12.6 Å². The number of rotatable bonds is 9. The molecule has 1 saturated carbocycles. The van der Waals surface area contributed by atoms with Crippen LogP contribution in [0.25, 0.3) is 0 Å². The molecule has 2 atom stereocenters. The Kier molecular flexibility index (Phi) is 7.15. The van der Waals surface area contributed by atoms with E-state index >= 15 is 0 Å². The number of unbranched alkanes of at least 4 members (excludes halogenated alkanes) is 1. The highest BCUT2D eigenvalue weighted by Crippen LogP contribution is 2.60. The van der Waals surface area contributed by atoms with Gasteiger partial charge in [-0.3, -0.25) is 9.59 Å². The third-order valence-electron chi connectivity index (χ3n) is 5.11. The average Bonchev–Trinajstić information content (AvgIpc) is 3.08. The molecule has 0 radical (unpaired) electrons. The van der Waals surface area contributed by atoms with Gasteiger partial charge in [0.15, 0.2) is 6.73 Å². The predicted octanol–water partition coefficient (Wildman–Crippen LogP) is 2.60. The van der Waals surface area contributed by atoms with Crippen molar-refractivity contribution < 1.29 is 19.1 Å². The van der Waals surface area contributed by atoms with E-state index in [0.717, 1.165) is 23.5 Å². The van der Waals surface area contributed by atoms with E-state index in [2.05, 4.69) is 18.9 Å². The van der Waals surface area contributed by atoms with Crippen molar-refractivity contribution in [3.8, 4) is 18.4 Å². The number of thioether (sulfide) groups is 1. The molecule has 0 spiro atoms. The molecule has 1 heterocycles. The predicted molar refractivity (Wildman–Crippen MR) is 105 cm³/mol. The molecule has 0 bridgehead atoms. The molecule has 7 nitrogen and oxygen atoms in total. The van der Waals surface area contributed by atoms with Crippen molar-refractivity contribution >= 4 is 29.7 Å². The number of terminal acetylenes is 1. The van der Waals surface area contributed by atoms with Crippen LogP contribution in [0.5, 0.6) is 0 Å². The Balaban J connectivity index is 1.94. The van der Waals surface area contributed by atoms with Crippen LogP contribution in [0.4, 0.5) is 4.79 Å². The third kappa shape index (κ3) is 4.69. The first-order valence-electron chi connectivity index (χ1n) is 9.22. The van der Waals surface area contributed by atoms with Crippen molar-refractivity contribution in [2.75, 3.05) is 25.6 Å². The van der Waals surface area contributed by atoms with Gasteiger partial charge in [-0.25, -0.2) is 9.69 Å². The molecule has 2 rings (SSSR count). The second-order valence-electron chi connectivity index (χ2n) is 7.43. The molecule has 0 N–H and O–H groups in total. The summed E-state index contributed by atoms with van der Waals surface area (Å²) < 4.78 is 5.24. The normalized spacial score (nSPS) is 23.4.